The van der Waals surface area contributed by atoms with Crippen LogP contribution in [0.15, 0.2) is 0 Å². The normalized spacial score (nSPS) is 10.7. The molecule has 0 unspecified atom stereocenters. The first-order chi connectivity index (χ1) is 9.58. The molecule has 0 atom stereocenters. The molecule has 0 radical (unpaired) electrons. The average Bonchev–Trinajstić information content (AvgIpc) is 2.46. The minimum atomic E-state index is -0.231. The fourth-order valence-corrected chi connectivity index (χ4v) is 2.07. The molecule has 0 spiro atoms. The quantitative estimate of drug-likeness (QED) is 0.544. The summed E-state index contributed by atoms with van der Waals surface area (Å²) in [5, 5.41) is 0. The summed E-state index contributed by atoms with van der Waals surface area (Å²) in [4.78, 5) is 27.3. The Kier molecular flexibility index (Phi) is 11.1. The molecule has 0 aliphatic rings. The smallest absolute Gasteiger partial charge is 0.307 e. The number of carbonyl (C=O) groups excluding carboxylic acids is 2. The van der Waals surface area contributed by atoms with E-state index in [0.29, 0.717) is 26.1 Å². The maximum absolute atomic E-state index is 11.9. The summed E-state index contributed by atoms with van der Waals surface area (Å²) in [6.45, 7) is 12.5. The summed E-state index contributed by atoms with van der Waals surface area (Å²) in [5.41, 5.74) is 0. The number of hydrogen-bond acceptors (Lipinski definition) is 4. The Morgan fingerprint density at radius 1 is 0.950 bits per heavy atom. The van der Waals surface area contributed by atoms with Crippen molar-refractivity contribution in [3.63, 3.8) is 0 Å². The third-order valence-corrected chi connectivity index (χ3v) is 3.34. The number of hydrogen-bond donors (Lipinski definition) is 0. The van der Waals surface area contributed by atoms with Crippen LogP contribution >= 0.6 is 0 Å². The minimum Gasteiger partial charge on any atom is -0.466 e. The van der Waals surface area contributed by atoms with Crippen molar-refractivity contribution in [2.24, 2.45) is 0 Å². The maximum Gasteiger partial charge on any atom is 0.307 e. The van der Waals surface area contributed by atoms with Crippen LogP contribution in [0.4, 0.5) is 0 Å². The number of rotatable bonds is 11. The lowest BCUT2D eigenvalue weighted by Crippen LogP contribution is -2.35. The first-order valence-electron chi connectivity index (χ1n) is 7.74. The van der Waals surface area contributed by atoms with Gasteiger partial charge in [-0.2, -0.15) is 0 Å². The van der Waals surface area contributed by atoms with Gasteiger partial charge in [-0.25, -0.2) is 0 Å². The van der Waals surface area contributed by atoms with Gasteiger partial charge in [-0.15, -0.1) is 0 Å². The summed E-state index contributed by atoms with van der Waals surface area (Å²) < 4.78 is 4.90. The van der Waals surface area contributed by atoms with Crippen LogP contribution in [-0.2, 0) is 14.3 Å². The van der Waals surface area contributed by atoms with Gasteiger partial charge in [0.1, 0.15) is 0 Å². The molecule has 0 aromatic rings. The fourth-order valence-electron chi connectivity index (χ4n) is 2.07. The average molecular weight is 286 g/mol. The molecule has 20 heavy (non-hydrogen) atoms. The molecule has 0 heterocycles. The van der Waals surface area contributed by atoms with Gasteiger partial charge in [0.15, 0.2) is 0 Å². The third kappa shape index (κ3) is 8.15. The molecule has 0 saturated heterocycles. The summed E-state index contributed by atoms with van der Waals surface area (Å²) >= 11 is 0. The van der Waals surface area contributed by atoms with Crippen LogP contribution in [0.3, 0.4) is 0 Å². The Bertz CT molecular complexity index is 278. The highest BCUT2D eigenvalue weighted by atomic mass is 16.5. The molecule has 0 bridgehead atoms. The van der Waals surface area contributed by atoms with Crippen molar-refractivity contribution in [1.29, 1.82) is 0 Å². The van der Waals surface area contributed by atoms with Gasteiger partial charge in [-0.1, -0.05) is 20.8 Å². The monoisotopic (exact) mass is 286 g/mol. The lowest BCUT2D eigenvalue weighted by Gasteiger charge is -2.24. The highest BCUT2D eigenvalue weighted by Gasteiger charge is 2.13. The molecule has 0 rings (SSSR count). The summed E-state index contributed by atoms with van der Waals surface area (Å²) in [6.07, 6.45) is 1.70. The predicted molar refractivity (Wildman–Crippen MR) is 80.5 cm³/mol. The molecule has 0 saturated carbocycles. The first kappa shape index (κ1) is 18.9. The second-order valence-electron chi connectivity index (χ2n) is 4.67. The highest BCUT2D eigenvalue weighted by Crippen LogP contribution is 2.01. The van der Waals surface area contributed by atoms with Crippen LogP contribution in [0.25, 0.3) is 0 Å². The molecule has 0 aliphatic heterocycles. The molecular formula is C15H30N2O3. The van der Waals surface area contributed by atoms with Crippen molar-refractivity contribution in [2.45, 2.75) is 47.0 Å². The number of carbonyl (C=O) groups is 2. The number of esters is 1. The van der Waals surface area contributed by atoms with Crippen molar-refractivity contribution in [2.75, 3.05) is 39.3 Å². The molecule has 118 valence electrons. The van der Waals surface area contributed by atoms with Gasteiger partial charge in [0.05, 0.1) is 13.0 Å². The standard InChI is InChI=1S/C15H30N2O3/c1-5-14(18)17(13-10-15(19)20-8-4)12-9-11-16(6-2)7-3/h5-13H2,1-4H3. The lowest BCUT2D eigenvalue weighted by molar-refractivity contribution is -0.144. The Hall–Kier alpha value is -1.10. The van der Waals surface area contributed by atoms with Gasteiger partial charge in [-0.3, -0.25) is 9.59 Å². The van der Waals surface area contributed by atoms with Crippen LogP contribution in [0.2, 0.25) is 0 Å². The molecule has 0 N–H and O–H groups in total. The van der Waals surface area contributed by atoms with E-state index >= 15 is 0 Å². The van der Waals surface area contributed by atoms with Gasteiger partial charge in [0, 0.05) is 19.5 Å². The number of nitrogens with zero attached hydrogens (tertiary/aromatic N) is 2. The van der Waals surface area contributed by atoms with Crippen LogP contribution in [0.1, 0.15) is 47.0 Å². The largest absolute Gasteiger partial charge is 0.466 e. The third-order valence-electron chi connectivity index (χ3n) is 3.34. The van der Waals surface area contributed by atoms with Crippen LogP contribution in [0, 0.1) is 0 Å². The van der Waals surface area contributed by atoms with Crippen molar-refractivity contribution in [3.8, 4) is 0 Å². The molecule has 0 aliphatic carbocycles. The molecule has 0 fully saturated rings. The Morgan fingerprint density at radius 3 is 2.10 bits per heavy atom. The van der Waals surface area contributed by atoms with E-state index in [1.165, 1.54) is 0 Å². The first-order valence-corrected chi connectivity index (χ1v) is 7.74. The zero-order valence-electron chi connectivity index (χ0n) is 13.5. The van der Waals surface area contributed by atoms with Crippen molar-refractivity contribution >= 4 is 11.9 Å². The van der Waals surface area contributed by atoms with E-state index in [0.717, 1.165) is 26.1 Å². The van der Waals surface area contributed by atoms with E-state index in [-0.39, 0.29) is 18.3 Å². The SMILES string of the molecule is CCOC(=O)CCN(CCCN(CC)CC)C(=O)CC. The minimum absolute atomic E-state index is 0.105. The van der Waals surface area contributed by atoms with Gasteiger partial charge < -0.3 is 14.5 Å². The van der Waals surface area contributed by atoms with Crippen molar-refractivity contribution in [3.05, 3.63) is 0 Å². The topological polar surface area (TPSA) is 49.9 Å². The Morgan fingerprint density at radius 2 is 1.60 bits per heavy atom. The molecule has 0 aromatic carbocycles. The van der Waals surface area contributed by atoms with Gasteiger partial charge in [0.25, 0.3) is 0 Å². The van der Waals surface area contributed by atoms with Crippen molar-refractivity contribution < 1.29 is 14.3 Å². The van der Waals surface area contributed by atoms with E-state index < -0.39 is 0 Å². The van der Waals surface area contributed by atoms with Gasteiger partial charge in [-0.05, 0) is 33.0 Å². The fraction of sp³-hybridized carbons (Fsp3) is 0.867. The molecular weight excluding hydrogens is 256 g/mol. The second-order valence-corrected chi connectivity index (χ2v) is 4.67. The van der Waals surface area contributed by atoms with E-state index in [1.807, 2.05) is 6.92 Å². The zero-order chi connectivity index (χ0) is 15.4. The molecule has 0 aromatic heterocycles. The summed E-state index contributed by atoms with van der Waals surface area (Å²) in [6, 6.07) is 0. The Labute approximate surface area is 123 Å². The van der Waals surface area contributed by atoms with E-state index in [4.69, 9.17) is 4.74 Å². The predicted octanol–water partition coefficient (Wildman–Crippen LogP) is 1.91. The number of amides is 1. The zero-order valence-corrected chi connectivity index (χ0v) is 13.5. The van der Waals surface area contributed by atoms with Gasteiger partial charge >= 0.3 is 5.97 Å². The summed E-state index contributed by atoms with van der Waals surface area (Å²) in [5.74, 6) is -0.126. The van der Waals surface area contributed by atoms with E-state index in [1.54, 1.807) is 11.8 Å². The van der Waals surface area contributed by atoms with E-state index in [9.17, 15) is 9.59 Å². The molecule has 5 nitrogen and oxygen atoms in total. The molecule has 1 amide bonds. The van der Waals surface area contributed by atoms with Gasteiger partial charge in [0.2, 0.25) is 5.91 Å². The lowest BCUT2D eigenvalue weighted by atomic mass is 10.3. The second kappa shape index (κ2) is 11.7. The van der Waals surface area contributed by atoms with Crippen LogP contribution < -0.4 is 0 Å². The maximum atomic E-state index is 11.9. The van der Waals surface area contributed by atoms with Crippen LogP contribution in [0.5, 0.6) is 0 Å². The van der Waals surface area contributed by atoms with Crippen LogP contribution in [-0.4, -0.2) is 61.0 Å². The van der Waals surface area contributed by atoms with Crippen molar-refractivity contribution in [1.82, 2.24) is 9.80 Å². The molecule has 5 heteroatoms. The Balaban J connectivity index is 4.15. The number of ether oxygens (including phenoxy) is 1. The van der Waals surface area contributed by atoms with E-state index in [2.05, 4.69) is 18.7 Å². The summed E-state index contributed by atoms with van der Waals surface area (Å²) in [7, 11) is 0. The highest BCUT2D eigenvalue weighted by molar-refractivity contribution is 5.77.